The van der Waals surface area contributed by atoms with Crippen molar-refractivity contribution in [1.82, 2.24) is 15.1 Å². The Bertz CT molecular complexity index is 563. The average molecular weight is 289 g/mol. The van der Waals surface area contributed by atoms with Gasteiger partial charge in [0.05, 0.1) is 6.20 Å². The standard InChI is InChI=1S/C17H24FN3/c1-13(2)19-11-16(15-5-4-6-17(18)9-15)8-7-14-10-20-21(3)12-14/h4-6,9-10,12-13,16,19H,7-8,11H2,1-3H3. The fourth-order valence-electron chi connectivity index (χ4n) is 2.47. The normalized spacial score (nSPS) is 12.8. The van der Waals surface area contributed by atoms with E-state index in [1.165, 1.54) is 11.6 Å². The maximum absolute atomic E-state index is 13.5. The fourth-order valence-corrected chi connectivity index (χ4v) is 2.47. The Morgan fingerprint density at radius 2 is 2.14 bits per heavy atom. The summed E-state index contributed by atoms with van der Waals surface area (Å²) in [5.41, 5.74) is 2.29. The zero-order chi connectivity index (χ0) is 15.2. The molecule has 1 N–H and O–H groups in total. The summed E-state index contributed by atoms with van der Waals surface area (Å²) in [6.07, 6.45) is 5.88. The van der Waals surface area contributed by atoms with Crippen molar-refractivity contribution in [3.05, 3.63) is 53.6 Å². The molecule has 2 aromatic rings. The van der Waals surface area contributed by atoms with E-state index in [-0.39, 0.29) is 5.82 Å². The van der Waals surface area contributed by atoms with Crippen LogP contribution in [0.4, 0.5) is 4.39 Å². The lowest BCUT2D eigenvalue weighted by Gasteiger charge is -2.19. The fraction of sp³-hybridized carbons (Fsp3) is 0.471. The highest BCUT2D eigenvalue weighted by Gasteiger charge is 2.13. The van der Waals surface area contributed by atoms with Gasteiger partial charge < -0.3 is 5.32 Å². The van der Waals surface area contributed by atoms with Crippen LogP contribution in [0.1, 0.15) is 37.3 Å². The Morgan fingerprint density at radius 1 is 1.33 bits per heavy atom. The van der Waals surface area contributed by atoms with Crippen LogP contribution in [0.25, 0.3) is 0 Å². The van der Waals surface area contributed by atoms with Gasteiger partial charge in [-0.15, -0.1) is 0 Å². The number of rotatable bonds is 7. The largest absolute Gasteiger partial charge is 0.314 e. The Morgan fingerprint density at radius 3 is 2.76 bits per heavy atom. The molecule has 4 heteroatoms. The number of hydrogen-bond acceptors (Lipinski definition) is 2. The SMILES string of the molecule is CC(C)NCC(CCc1cnn(C)c1)c1cccc(F)c1. The molecule has 0 radical (unpaired) electrons. The van der Waals surface area contributed by atoms with Crippen molar-refractivity contribution in [3.63, 3.8) is 0 Å². The first kappa shape index (κ1) is 15.7. The van der Waals surface area contributed by atoms with Gasteiger partial charge in [-0.25, -0.2) is 4.39 Å². The van der Waals surface area contributed by atoms with Crippen LogP contribution < -0.4 is 5.32 Å². The first-order valence-electron chi connectivity index (χ1n) is 7.51. The first-order valence-corrected chi connectivity index (χ1v) is 7.51. The summed E-state index contributed by atoms with van der Waals surface area (Å²) in [7, 11) is 1.92. The van der Waals surface area contributed by atoms with Crippen molar-refractivity contribution in [2.45, 2.75) is 38.6 Å². The lowest BCUT2D eigenvalue weighted by molar-refractivity contribution is 0.506. The molecular formula is C17H24FN3. The molecule has 0 fully saturated rings. The minimum absolute atomic E-state index is 0.163. The number of hydrogen-bond donors (Lipinski definition) is 1. The highest BCUT2D eigenvalue weighted by molar-refractivity contribution is 5.21. The minimum atomic E-state index is -0.163. The molecule has 0 saturated carbocycles. The number of aromatic nitrogens is 2. The van der Waals surface area contributed by atoms with Crippen molar-refractivity contribution < 1.29 is 4.39 Å². The van der Waals surface area contributed by atoms with Crippen LogP contribution >= 0.6 is 0 Å². The molecular weight excluding hydrogens is 265 g/mol. The molecule has 1 atom stereocenters. The second-order valence-electron chi connectivity index (χ2n) is 5.88. The zero-order valence-corrected chi connectivity index (χ0v) is 13.0. The first-order chi connectivity index (χ1) is 10.0. The highest BCUT2D eigenvalue weighted by atomic mass is 19.1. The zero-order valence-electron chi connectivity index (χ0n) is 13.0. The van der Waals surface area contributed by atoms with Crippen LogP contribution in [0.2, 0.25) is 0 Å². The van der Waals surface area contributed by atoms with Crippen LogP contribution in [0, 0.1) is 5.82 Å². The van der Waals surface area contributed by atoms with Crippen molar-refractivity contribution in [2.24, 2.45) is 7.05 Å². The Labute approximate surface area is 126 Å². The number of halogens is 1. The van der Waals surface area contributed by atoms with E-state index in [1.54, 1.807) is 12.1 Å². The van der Waals surface area contributed by atoms with Gasteiger partial charge in [0.1, 0.15) is 5.82 Å². The summed E-state index contributed by atoms with van der Waals surface area (Å²) in [6.45, 7) is 5.12. The molecule has 0 bridgehead atoms. The molecule has 21 heavy (non-hydrogen) atoms. The second-order valence-corrected chi connectivity index (χ2v) is 5.88. The summed E-state index contributed by atoms with van der Waals surface area (Å²) < 4.78 is 15.3. The molecule has 0 aliphatic heterocycles. The van der Waals surface area contributed by atoms with Gasteiger partial charge in [-0.05, 0) is 42.0 Å². The Hall–Kier alpha value is -1.68. The third kappa shape index (κ3) is 4.97. The van der Waals surface area contributed by atoms with Gasteiger partial charge in [0.2, 0.25) is 0 Å². The topological polar surface area (TPSA) is 29.9 Å². The van der Waals surface area contributed by atoms with E-state index in [4.69, 9.17) is 0 Å². The van der Waals surface area contributed by atoms with E-state index in [1.807, 2.05) is 30.2 Å². The minimum Gasteiger partial charge on any atom is -0.314 e. The number of aryl methyl sites for hydroxylation is 2. The van der Waals surface area contributed by atoms with Gasteiger partial charge >= 0.3 is 0 Å². The molecule has 0 aliphatic rings. The van der Waals surface area contributed by atoms with E-state index in [0.29, 0.717) is 12.0 Å². The van der Waals surface area contributed by atoms with Crippen LogP contribution in [0.3, 0.4) is 0 Å². The molecule has 114 valence electrons. The van der Waals surface area contributed by atoms with Gasteiger partial charge in [-0.2, -0.15) is 5.10 Å². The molecule has 1 aromatic heterocycles. The number of nitrogens with one attached hydrogen (secondary N) is 1. The second kappa shape index (κ2) is 7.36. The average Bonchev–Trinajstić information content (AvgIpc) is 2.84. The monoisotopic (exact) mass is 289 g/mol. The predicted molar refractivity (Wildman–Crippen MR) is 83.8 cm³/mol. The van der Waals surface area contributed by atoms with Crippen LogP contribution in [0.5, 0.6) is 0 Å². The van der Waals surface area contributed by atoms with E-state index in [2.05, 4.69) is 24.3 Å². The molecule has 2 rings (SSSR count). The Kier molecular flexibility index (Phi) is 5.51. The summed E-state index contributed by atoms with van der Waals surface area (Å²) in [5.74, 6) is 0.145. The van der Waals surface area contributed by atoms with Gasteiger partial charge in [-0.1, -0.05) is 26.0 Å². The third-order valence-electron chi connectivity index (χ3n) is 3.63. The predicted octanol–water partition coefficient (Wildman–Crippen LogP) is 3.27. The molecule has 0 aliphatic carbocycles. The Balaban J connectivity index is 2.04. The maximum atomic E-state index is 13.5. The molecule has 0 saturated heterocycles. The maximum Gasteiger partial charge on any atom is 0.123 e. The molecule has 1 unspecified atom stereocenters. The van der Waals surface area contributed by atoms with E-state index >= 15 is 0 Å². The lowest BCUT2D eigenvalue weighted by Crippen LogP contribution is -2.28. The van der Waals surface area contributed by atoms with Crippen LogP contribution in [-0.4, -0.2) is 22.4 Å². The highest BCUT2D eigenvalue weighted by Crippen LogP contribution is 2.22. The van der Waals surface area contributed by atoms with Crippen LogP contribution in [0.15, 0.2) is 36.7 Å². The summed E-state index contributed by atoms with van der Waals surface area (Å²) >= 11 is 0. The van der Waals surface area contributed by atoms with E-state index < -0.39 is 0 Å². The summed E-state index contributed by atoms with van der Waals surface area (Å²) in [6, 6.07) is 7.38. The van der Waals surface area contributed by atoms with Gasteiger partial charge in [-0.3, -0.25) is 4.68 Å². The molecule has 0 spiro atoms. The van der Waals surface area contributed by atoms with Gasteiger partial charge in [0.15, 0.2) is 0 Å². The number of nitrogens with zero attached hydrogens (tertiary/aromatic N) is 2. The molecule has 0 amide bonds. The van der Waals surface area contributed by atoms with Crippen molar-refractivity contribution in [3.8, 4) is 0 Å². The van der Waals surface area contributed by atoms with Gasteiger partial charge in [0, 0.05) is 25.8 Å². The van der Waals surface area contributed by atoms with E-state index in [0.717, 1.165) is 24.9 Å². The van der Waals surface area contributed by atoms with Crippen molar-refractivity contribution >= 4 is 0 Å². The lowest BCUT2D eigenvalue weighted by atomic mass is 9.92. The van der Waals surface area contributed by atoms with Gasteiger partial charge in [0.25, 0.3) is 0 Å². The molecule has 1 heterocycles. The van der Waals surface area contributed by atoms with Crippen LogP contribution in [-0.2, 0) is 13.5 Å². The summed E-state index contributed by atoms with van der Waals surface area (Å²) in [5, 5.41) is 7.66. The molecule has 1 aromatic carbocycles. The molecule has 3 nitrogen and oxygen atoms in total. The van der Waals surface area contributed by atoms with Crippen molar-refractivity contribution in [2.75, 3.05) is 6.54 Å². The quantitative estimate of drug-likeness (QED) is 0.848. The van der Waals surface area contributed by atoms with Crippen molar-refractivity contribution in [1.29, 1.82) is 0 Å². The number of benzene rings is 1. The third-order valence-corrected chi connectivity index (χ3v) is 3.63. The van der Waals surface area contributed by atoms with E-state index in [9.17, 15) is 4.39 Å². The smallest absolute Gasteiger partial charge is 0.123 e. The summed E-state index contributed by atoms with van der Waals surface area (Å²) in [4.78, 5) is 0.